The van der Waals surface area contributed by atoms with Crippen LogP contribution >= 0.6 is 11.7 Å². The summed E-state index contributed by atoms with van der Waals surface area (Å²) >= 11 is 0.945. The number of ether oxygens (including phenoxy) is 1. The van der Waals surface area contributed by atoms with Crippen LogP contribution in [0.25, 0.3) is 0 Å². The Labute approximate surface area is 116 Å². The molecule has 1 N–H and O–H groups in total. The number of rotatable bonds is 4. The monoisotopic (exact) mass is 285 g/mol. The van der Waals surface area contributed by atoms with Gasteiger partial charge in [0.15, 0.2) is 5.69 Å². The first-order valence-electron chi connectivity index (χ1n) is 6.02. The van der Waals surface area contributed by atoms with Crippen molar-refractivity contribution in [1.82, 2.24) is 14.1 Å². The van der Waals surface area contributed by atoms with Gasteiger partial charge in [-0.25, -0.2) is 4.79 Å². The van der Waals surface area contributed by atoms with Crippen LogP contribution in [0.15, 0.2) is 6.20 Å². The average Bonchev–Trinajstić information content (AvgIpc) is 2.75. The Morgan fingerprint density at radius 2 is 2.00 bits per heavy atom. The van der Waals surface area contributed by atoms with Gasteiger partial charge >= 0.3 is 5.97 Å². The Kier molecular flexibility index (Phi) is 4.99. The fraction of sp³-hybridized carbons (Fsp3) is 0.667. The largest absolute Gasteiger partial charge is 0.458 e. The van der Waals surface area contributed by atoms with Crippen molar-refractivity contribution in [2.45, 2.75) is 46.3 Å². The lowest BCUT2D eigenvalue weighted by Gasteiger charge is -2.26. The molecule has 1 aromatic rings. The molecule has 7 heteroatoms. The average molecular weight is 285 g/mol. The van der Waals surface area contributed by atoms with Crippen molar-refractivity contribution in [3.8, 4) is 0 Å². The zero-order valence-corrected chi connectivity index (χ0v) is 12.6. The van der Waals surface area contributed by atoms with E-state index in [9.17, 15) is 9.59 Å². The smallest absolute Gasteiger partial charge is 0.329 e. The molecule has 0 saturated heterocycles. The Morgan fingerprint density at radius 3 is 2.42 bits per heavy atom. The maximum Gasteiger partial charge on any atom is 0.329 e. The van der Waals surface area contributed by atoms with E-state index in [2.05, 4.69) is 14.1 Å². The van der Waals surface area contributed by atoms with E-state index in [4.69, 9.17) is 4.74 Å². The van der Waals surface area contributed by atoms with E-state index in [1.54, 1.807) is 20.8 Å². The minimum atomic E-state index is -0.701. The molecule has 0 bridgehead atoms. The zero-order valence-electron chi connectivity index (χ0n) is 11.8. The third-order valence-corrected chi connectivity index (χ3v) is 2.69. The van der Waals surface area contributed by atoms with Crippen molar-refractivity contribution in [3.05, 3.63) is 11.9 Å². The first kappa shape index (κ1) is 15.6. The standard InChI is InChI=1S/C12H19N3O3S/c1-7(2)9(11(17)18-12(3,4)5)14-10(16)8-6-13-19-15-8/h6-7,9H,1-5H3,(H,14,16)/t9-/m0/s1. The van der Waals surface area contributed by atoms with Crippen LogP contribution in [0.2, 0.25) is 0 Å². The number of esters is 1. The number of nitrogens with one attached hydrogen (secondary N) is 1. The SMILES string of the molecule is CC(C)[C@H](NC(=O)c1cnsn1)C(=O)OC(C)(C)C. The van der Waals surface area contributed by atoms with Crippen molar-refractivity contribution in [2.24, 2.45) is 5.92 Å². The van der Waals surface area contributed by atoms with Crippen LogP contribution < -0.4 is 5.32 Å². The first-order valence-corrected chi connectivity index (χ1v) is 6.75. The summed E-state index contributed by atoms with van der Waals surface area (Å²) in [6.45, 7) is 9.04. The molecule has 1 aromatic heterocycles. The molecule has 0 aromatic carbocycles. The van der Waals surface area contributed by atoms with E-state index in [0.717, 1.165) is 11.7 Å². The first-order chi connectivity index (χ1) is 8.70. The highest BCUT2D eigenvalue weighted by Gasteiger charge is 2.29. The number of hydrogen-bond acceptors (Lipinski definition) is 6. The second-order valence-corrected chi connectivity index (χ2v) is 6.08. The number of nitrogens with zero attached hydrogens (tertiary/aromatic N) is 2. The van der Waals surface area contributed by atoms with Crippen LogP contribution in [0.1, 0.15) is 45.1 Å². The number of carbonyl (C=O) groups excluding carboxylic acids is 2. The van der Waals surface area contributed by atoms with Crippen LogP contribution in [0.3, 0.4) is 0 Å². The molecule has 0 aliphatic heterocycles. The van der Waals surface area contributed by atoms with E-state index < -0.39 is 23.5 Å². The fourth-order valence-electron chi connectivity index (χ4n) is 1.34. The molecule has 1 amide bonds. The van der Waals surface area contributed by atoms with Gasteiger partial charge in [-0.15, -0.1) is 0 Å². The molecule has 0 unspecified atom stereocenters. The molecule has 1 rings (SSSR count). The van der Waals surface area contributed by atoms with E-state index in [-0.39, 0.29) is 11.6 Å². The number of amides is 1. The molecular weight excluding hydrogens is 266 g/mol. The quantitative estimate of drug-likeness (QED) is 0.850. The summed E-state index contributed by atoms with van der Waals surface area (Å²) in [6, 6.07) is -0.701. The maximum absolute atomic E-state index is 12.0. The van der Waals surface area contributed by atoms with Crippen molar-refractivity contribution >= 4 is 23.6 Å². The fourth-order valence-corrected chi connectivity index (χ4v) is 1.76. The predicted molar refractivity (Wildman–Crippen MR) is 71.8 cm³/mol. The molecule has 0 fully saturated rings. The molecule has 0 saturated carbocycles. The van der Waals surface area contributed by atoms with Gasteiger partial charge in [-0.3, -0.25) is 4.79 Å². The van der Waals surface area contributed by atoms with Crippen molar-refractivity contribution in [1.29, 1.82) is 0 Å². The van der Waals surface area contributed by atoms with Gasteiger partial charge in [0.05, 0.1) is 17.9 Å². The van der Waals surface area contributed by atoms with Gasteiger partial charge < -0.3 is 10.1 Å². The van der Waals surface area contributed by atoms with Crippen LogP contribution in [-0.2, 0) is 9.53 Å². The zero-order chi connectivity index (χ0) is 14.6. The van der Waals surface area contributed by atoms with E-state index in [0.29, 0.717) is 0 Å². The highest BCUT2D eigenvalue weighted by molar-refractivity contribution is 6.99. The van der Waals surface area contributed by atoms with Gasteiger partial charge in [0.25, 0.3) is 5.91 Å². The lowest BCUT2D eigenvalue weighted by atomic mass is 10.0. The molecular formula is C12H19N3O3S. The second-order valence-electron chi connectivity index (χ2n) is 5.52. The van der Waals surface area contributed by atoms with Gasteiger partial charge in [0, 0.05) is 0 Å². The number of hydrogen-bond donors (Lipinski definition) is 1. The van der Waals surface area contributed by atoms with Crippen LogP contribution in [0, 0.1) is 5.92 Å². The number of aromatic nitrogens is 2. The molecule has 1 atom stereocenters. The van der Waals surface area contributed by atoms with Gasteiger partial charge in [-0.1, -0.05) is 13.8 Å². The van der Waals surface area contributed by atoms with E-state index in [1.807, 2.05) is 13.8 Å². The molecule has 0 radical (unpaired) electrons. The highest BCUT2D eigenvalue weighted by atomic mass is 32.1. The molecule has 0 aliphatic rings. The lowest BCUT2D eigenvalue weighted by molar-refractivity contribution is -0.158. The molecule has 0 aliphatic carbocycles. The Morgan fingerprint density at radius 1 is 1.37 bits per heavy atom. The van der Waals surface area contributed by atoms with Gasteiger partial charge in [-0.05, 0) is 26.7 Å². The summed E-state index contributed by atoms with van der Waals surface area (Å²) in [7, 11) is 0. The normalized spacial score (nSPS) is 13.2. The van der Waals surface area contributed by atoms with Crippen molar-refractivity contribution in [3.63, 3.8) is 0 Å². The van der Waals surface area contributed by atoms with Crippen LogP contribution in [0.5, 0.6) is 0 Å². The summed E-state index contributed by atoms with van der Waals surface area (Å²) in [5.74, 6) is -0.942. The molecule has 106 valence electrons. The Bertz CT molecular complexity index is 438. The Balaban J connectivity index is 2.73. The highest BCUT2D eigenvalue weighted by Crippen LogP contribution is 2.12. The second kappa shape index (κ2) is 6.10. The summed E-state index contributed by atoms with van der Waals surface area (Å²) in [5.41, 5.74) is -0.379. The summed E-state index contributed by atoms with van der Waals surface area (Å²) < 4.78 is 12.9. The van der Waals surface area contributed by atoms with Crippen molar-refractivity contribution < 1.29 is 14.3 Å². The van der Waals surface area contributed by atoms with E-state index >= 15 is 0 Å². The summed E-state index contributed by atoms with van der Waals surface area (Å²) in [4.78, 5) is 23.9. The van der Waals surface area contributed by atoms with Gasteiger partial charge in [-0.2, -0.15) is 8.75 Å². The molecule has 1 heterocycles. The molecule has 19 heavy (non-hydrogen) atoms. The molecule has 6 nitrogen and oxygen atoms in total. The summed E-state index contributed by atoms with van der Waals surface area (Å²) in [5, 5.41) is 2.63. The van der Waals surface area contributed by atoms with Crippen LogP contribution in [-0.4, -0.2) is 32.3 Å². The van der Waals surface area contributed by atoms with E-state index in [1.165, 1.54) is 6.20 Å². The minimum absolute atomic E-state index is 0.0783. The Hall–Kier alpha value is -1.50. The third-order valence-electron chi connectivity index (χ3n) is 2.21. The third kappa shape index (κ3) is 4.94. The van der Waals surface area contributed by atoms with Crippen molar-refractivity contribution in [2.75, 3.05) is 0 Å². The van der Waals surface area contributed by atoms with Gasteiger partial charge in [0.2, 0.25) is 0 Å². The summed E-state index contributed by atoms with van der Waals surface area (Å²) in [6.07, 6.45) is 1.37. The number of carbonyl (C=O) groups is 2. The minimum Gasteiger partial charge on any atom is -0.458 e. The van der Waals surface area contributed by atoms with Gasteiger partial charge in [0.1, 0.15) is 11.6 Å². The lowest BCUT2D eigenvalue weighted by Crippen LogP contribution is -2.47. The topological polar surface area (TPSA) is 81.2 Å². The predicted octanol–water partition coefficient (Wildman–Crippen LogP) is 1.63. The van der Waals surface area contributed by atoms with Crippen LogP contribution in [0.4, 0.5) is 0 Å². The molecule has 0 spiro atoms. The maximum atomic E-state index is 12.0.